The Hall–Kier alpha value is -1.39. The highest BCUT2D eigenvalue weighted by Crippen LogP contribution is 2.51. The summed E-state index contributed by atoms with van der Waals surface area (Å²) in [5.41, 5.74) is 6.00. The first-order chi connectivity index (χ1) is 13.0. The number of anilines is 1. The molecular formula is C14H23N5O7P2. The van der Waals surface area contributed by atoms with Crippen LogP contribution in [-0.4, -0.2) is 60.4 Å². The van der Waals surface area contributed by atoms with Gasteiger partial charge in [0.05, 0.1) is 24.7 Å². The molecule has 0 aliphatic carbocycles. The molecule has 0 saturated carbocycles. The minimum Gasteiger partial charge on any atom is -0.382 e. The number of rotatable bonds is 7. The van der Waals surface area contributed by atoms with Crippen molar-refractivity contribution in [2.24, 2.45) is 0 Å². The van der Waals surface area contributed by atoms with E-state index in [9.17, 15) is 18.9 Å². The smallest absolute Gasteiger partial charge is 0.330 e. The van der Waals surface area contributed by atoms with E-state index < -0.39 is 39.3 Å². The zero-order chi connectivity index (χ0) is 20.7. The van der Waals surface area contributed by atoms with Gasteiger partial charge in [-0.2, -0.15) is 0 Å². The molecule has 5 atom stereocenters. The summed E-state index contributed by atoms with van der Waals surface area (Å²) in [6.45, 7) is 3.89. The molecule has 1 fully saturated rings. The van der Waals surface area contributed by atoms with E-state index in [2.05, 4.69) is 15.0 Å². The van der Waals surface area contributed by atoms with Gasteiger partial charge in [0.1, 0.15) is 24.2 Å². The van der Waals surface area contributed by atoms with Crippen molar-refractivity contribution in [2.45, 2.75) is 44.4 Å². The van der Waals surface area contributed by atoms with Crippen LogP contribution in [0.4, 0.5) is 5.82 Å². The maximum Gasteiger partial charge on any atom is 0.330 e. The number of nitrogens with two attached hydrogens (primary N) is 1. The lowest BCUT2D eigenvalue weighted by atomic mass is 10.2. The van der Waals surface area contributed by atoms with Gasteiger partial charge in [-0.3, -0.25) is 13.7 Å². The standard InChI is InChI=1S/C14H23N5O7P2/c1-8(2)28(22,23)26-9-4-11(25-10(9)5-24-27(3,20)21)19-7-18-12-13(15)16-6-17-14(12)19/h6-11H,4-5H2,1-3H3,(H,20,21)(H,22,23)(H2,15,16,17)/t9-,10+,11+/m0/s1. The summed E-state index contributed by atoms with van der Waals surface area (Å²) in [4.78, 5) is 31.7. The van der Waals surface area contributed by atoms with E-state index >= 15 is 0 Å². The highest BCUT2D eigenvalue weighted by molar-refractivity contribution is 7.53. The van der Waals surface area contributed by atoms with Gasteiger partial charge in [-0.1, -0.05) is 13.8 Å². The number of nitrogens with zero attached hydrogens (tertiary/aromatic N) is 4. The Bertz CT molecular complexity index is 945. The molecule has 1 saturated heterocycles. The van der Waals surface area contributed by atoms with Crippen LogP contribution in [0, 0.1) is 0 Å². The van der Waals surface area contributed by atoms with Gasteiger partial charge in [-0.15, -0.1) is 0 Å². The summed E-state index contributed by atoms with van der Waals surface area (Å²) in [6, 6.07) is 0. The van der Waals surface area contributed by atoms with Crippen LogP contribution < -0.4 is 5.73 Å². The Morgan fingerprint density at radius 3 is 2.71 bits per heavy atom. The molecule has 2 aromatic heterocycles. The largest absolute Gasteiger partial charge is 0.382 e. The fourth-order valence-electron chi connectivity index (χ4n) is 2.74. The van der Waals surface area contributed by atoms with Crippen LogP contribution in [0.2, 0.25) is 0 Å². The van der Waals surface area contributed by atoms with Crippen molar-refractivity contribution < 1.29 is 32.7 Å². The lowest BCUT2D eigenvalue weighted by Crippen LogP contribution is -2.29. The summed E-state index contributed by atoms with van der Waals surface area (Å²) in [5, 5.41) is 0. The number of imidazole rings is 1. The molecular weight excluding hydrogens is 412 g/mol. The van der Waals surface area contributed by atoms with Crippen LogP contribution >= 0.6 is 15.2 Å². The highest BCUT2D eigenvalue weighted by atomic mass is 31.2. The second kappa shape index (κ2) is 7.79. The third kappa shape index (κ3) is 4.60. The number of nitrogen functional groups attached to an aromatic ring is 1. The third-order valence-electron chi connectivity index (χ3n) is 4.30. The molecule has 0 bridgehead atoms. The molecule has 0 radical (unpaired) electrons. The Kier molecular flexibility index (Phi) is 5.94. The molecule has 1 aliphatic heterocycles. The van der Waals surface area contributed by atoms with Gasteiger partial charge in [-0.05, 0) is 0 Å². The number of fused-ring (bicyclic) bond motifs is 1. The maximum absolute atomic E-state index is 12.3. The summed E-state index contributed by atoms with van der Waals surface area (Å²) >= 11 is 0. The van der Waals surface area contributed by atoms with Crippen molar-refractivity contribution in [1.82, 2.24) is 19.5 Å². The molecule has 156 valence electrons. The minimum atomic E-state index is -3.91. The Labute approximate surface area is 161 Å². The molecule has 14 heteroatoms. The lowest BCUT2D eigenvalue weighted by Gasteiger charge is -2.23. The van der Waals surface area contributed by atoms with E-state index in [-0.39, 0.29) is 18.8 Å². The summed E-state index contributed by atoms with van der Waals surface area (Å²) in [7, 11) is -7.68. The van der Waals surface area contributed by atoms with E-state index in [1.54, 1.807) is 18.4 Å². The normalized spacial score (nSPS) is 27.1. The first-order valence-corrected chi connectivity index (χ1v) is 12.2. The van der Waals surface area contributed by atoms with Crippen LogP contribution in [0.3, 0.4) is 0 Å². The monoisotopic (exact) mass is 435 g/mol. The van der Waals surface area contributed by atoms with Gasteiger partial charge in [0, 0.05) is 13.1 Å². The zero-order valence-electron chi connectivity index (χ0n) is 15.6. The molecule has 0 amide bonds. The summed E-state index contributed by atoms with van der Waals surface area (Å²) in [6.07, 6.45) is 0.602. The molecule has 28 heavy (non-hydrogen) atoms. The number of aromatic nitrogens is 4. The summed E-state index contributed by atoms with van der Waals surface area (Å²) < 4.78 is 41.7. The van der Waals surface area contributed by atoms with E-state index in [0.29, 0.717) is 11.2 Å². The molecule has 12 nitrogen and oxygen atoms in total. The van der Waals surface area contributed by atoms with E-state index in [0.717, 1.165) is 6.66 Å². The van der Waals surface area contributed by atoms with Crippen LogP contribution in [0.5, 0.6) is 0 Å². The van der Waals surface area contributed by atoms with Gasteiger partial charge in [-0.25, -0.2) is 15.0 Å². The molecule has 3 rings (SSSR count). The fraction of sp³-hybridized carbons (Fsp3) is 0.643. The molecule has 2 aromatic rings. The van der Waals surface area contributed by atoms with Crippen LogP contribution in [0.25, 0.3) is 11.2 Å². The molecule has 3 heterocycles. The average Bonchev–Trinajstić information content (AvgIpc) is 3.16. The topological polar surface area (TPSA) is 172 Å². The second-order valence-electron chi connectivity index (χ2n) is 6.85. The van der Waals surface area contributed by atoms with Gasteiger partial charge < -0.3 is 29.3 Å². The molecule has 1 aliphatic rings. The third-order valence-corrected chi connectivity index (χ3v) is 6.80. The van der Waals surface area contributed by atoms with Crippen molar-refractivity contribution in [2.75, 3.05) is 19.0 Å². The van der Waals surface area contributed by atoms with Crippen LogP contribution in [0.15, 0.2) is 12.7 Å². The highest BCUT2D eigenvalue weighted by Gasteiger charge is 2.43. The number of hydrogen-bond acceptors (Lipinski definition) is 9. The quantitative estimate of drug-likeness (QED) is 0.538. The Morgan fingerprint density at radius 2 is 2.07 bits per heavy atom. The Balaban J connectivity index is 1.86. The lowest BCUT2D eigenvalue weighted by molar-refractivity contribution is -0.0367. The first kappa shape index (κ1) is 21.3. The molecule has 0 aromatic carbocycles. The van der Waals surface area contributed by atoms with Gasteiger partial charge in [0.2, 0.25) is 0 Å². The molecule has 2 unspecified atom stereocenters. The SMILES string of the molecule is CC(C)P(=O)(O)O[C@H]1C[C@H](n2cnc3c(N)ncnc32)O[C@@H]1COP(C)(=O)O. The van der Waals surface area contributed by atoms with E-state index in [4.69, 9.17) is 19.5 Å². The predicted octanol–water partition coefficient (Wildman–Crippen LogP) is 1.51. The molecule has 4 N–H and O–H groups in total. The van der Waals surface area contributed by atoms with Crippen LogP contribution in [-0.2, 0) is 22.9 Å². The van der Waals surface area contributed by atoms with Crippen molar-refractivity contribution in [3.8, 4) is 0 Å². The predicted molar refractivity (Wildman–Crippen MR) is 99.8 cm³/mol. The molecule has 0 spiro atoms. The first-order valence-electron chi connectivity index (χ1n) is 8.52. The summed E-state index contributed by atoms with van der Waals surface area (Å²) in [5.74, 6) is 0.210. The maximum atomic E-state index is 12.3. The van der Waals surface area contributed by atoms with E-state index in [1.807, 2.05) is 0 Å². The fourth-order valence-corrected chi connectivity index (χ4v) is 4.02. The Morgan fingerprint density at radius 1 is 1.36 bits per heavy atom. The number of ether oxygens (including phenoxy) is 1. The van der Waals surface area contributed by atoms with Crippen LogP contribution in [0.1, 0.15) is 26.5 Å². The van der Waals surface area contributed by atoms with Crippen molar-refractivity contribution in [3.05, 3.63) is 12.7 Å². The average molecular weight is 435 g/mol. The van der Waals surface area contributed by atoms with E-state index in [1.165, 1.54) is 12.7 Å². The second-order valence-corrected chi connectivity index (χ2v) is 11.1. The number of hydrogen-bond donors (Lipinski definition) is 3. The van der Waals surface area contributed by atoms with Crippen molar-refractivity contribution in [3.63, 3.8) is 0 Å². The van der Waals surface area contributed by atoms with Crippen molar-refractivity contribution in [1.29, 1.82) is 0 Å². The zero-order valence-corrected chi connectivity index (χ0v) is 17.4. The van der Waals surface area contributed by atoms with Gasteiger partial charge in [0.25, 0.3) is 0 Å². The van der Waals surface area contributed by atoms with Crippen molar-refractivity contribution >= 4 is 32.2 Å². The van der Waals surface area contributed by atoms with Gasteiger partial charge in [0.15, 0.2) is 11.5 Å². The van der Waals surface area contributed by atoms with Gasteiger partial charge >= 0.3 is 15.2 Å². The minimum absolute atomic E-state index is 0.181.